The quantitative estimate of drug-likeness (QED) is 0.188. The second-order valence-electron chi connectivity index (χ2n) is 12.7. The summed E-state index contributed by atoms with van der Waals surface area (Å²) < 4.78 is 9.05. The maximum atomic E-state index is 6.98. The van der Waals surface area contributed by atoms with Crippen LogP contribution in [0.4, 0.5) is 0 Å². The molecule has 0 amide bonds. The van der Waals surface area contributed by atoms with Crippen LogP contribution >= 0.6 is 0 Å². The highest BCUT2D eigenvalue weighted by molar-refractivity contribution is 6.15. The fourth-order valence-electron chi connectivity index (χ4n) is 7.23. The Balaban J connectivity index is 1.19. The Morgan fingerprint density at radius 2 is 0.880 bits per heavy atom. The molecule has 10 rings (SSSR count). The molecule has 0 aliphatic rings. The monoisotopic (exact) mass is 639 g/mol. The third kappa shape index (κ3) is 4.61. The van der Waals surface area contributed by atoms with E-state index in [2.05, 4.69) is 179 Å². The molecular formula is C46H29N3O. The SMILES string of the molecule is c1ccc(-c2cc(-c3ccccc3)c3oc4c(-c5ccc(-c6nnc7c8ccccc8ccn67)cc5)cc(-c5ccccc5)cc4c3c2)cc1. The number of aromatic nitrogens is 3. The molecule has 0 aliphatic carbocycles. The van der Waals surface area contributed by atoms with E-state index in [1.807, 2.05) is 12.1 Å². The van der Waals surface area contributed by atoms with Gasteiger partial charge in [-0.15, -0.1) is 10.2 Å². The van der Waals surface area contributed by atoms with Gasteiger partial charge < -0.3 is 4.42 Å². The summed E-state index contributed by atoms with van der Waals surface area (Å²) in [5, 5.41) is 13.6. The number of nitrogens with zero attached hydrogens (tertiary/aromatic N) is 3. The van der Waals surface area contributed by atoms with Gasteiger partial charge in [-0.1, -0.05) is 140 Å². The lowest BCUT2D eigenvalue weighted by molar-refractivity contribution is 0.671. The first-order chi connectivity index (χ1) is 24.8. The molecular weight excluding hydrogens is 611 g/mol. The van der Waals surface area contributed by atoms with Gasteiger partial charge in [-0.2, -0.15) is 0 Å². The third-order valence-corrected chi connectivity index (χ3v) is 9.73. The van der Waals surface area contributed by atoms with Crippen molar-refractivity contribution in [3.05, 3.63) is 176 Å². The Labute approximate surface area is 288 Å². The number of pyridine rings is 1. The predicted octanol–water partition coefficient (Wildman–Crippen LogP) is 12.1. The average Bonchev–Trinajstić information content (AvgIpc) is 3.81. The van der Waals surface area contributed by atoms with E-state index in [1.54, 1.807) is 0 Å². The van der Waals surface area contributed by atoms with Crippen molar-refractivity contribution in [2.75, 3.05) is 0 Å². The van der Waals surface area contributed by atoms with Gasteiger partial charge in [0.15, 0.2) is 11.5 Å². The molecule has 4 nitrogen and oxygen atoms in total. The Bertz CT molecular complexity index is 2840. The predicted molar refractivity (Wildman–Crippen MR) is 205 cm³/mol. The smallest absolute Gasteiger partial charge is 0.168 e. The minimum Gasteiger partial charge on any atom is -0.455 e. The molecule has 0 fully saturated rings. The van der Waals surface area contributed by atoms with E-state index in [0.717, 1.165) is 88.7 Å². The van der Waals surface area contributed by atoms with Crippen LogP contribution in [0, 0.1) is 0 Å². The zero-order valence-electron chi connectivity index (χ0n) is 27.0. The van der Waals surface area contributed by atoms with E-state index in [0.29, 0.717) is 0 Å². The molecule has 0 saturated heterocycles. The molecule has 0 aliphatic heterocycles. The molecule has 0 unspecified atom stereocenters. The van der Waals surface area contributed by atoms with Crippen molar-refractivity contribution in [2.45, 2.75) is 0 Å². The van der Waals surface area contributed by atoms with Gasteiger partial charge in [0, 0.05) is 39.0 Å². The van der Waals surface area contributed by atoms with E-state index in [9.17, 15) is 0 Å². The first kappa shape index (κ1) is 28.3. The number of furan rings is 1. The van der Waals surface area contributed by atoms with E-state index in [1.165, 1.54) is 5.56 Å². The van der Waals surface area contributed by atoms with Gasteiger partial charge in [-0.05, 0) is 69.1 Å². The molecule has 50 heavy (non-hydrogen) atoms. The molecule has 0 bridgehead atoms. The summed E-state index contributed by atoms with van der Waals surface area (Å²) in [5.41, 5.74) is 12.5. The summed E-state index contributed by atoms with van der Waals surface area (Å²) in [6.07, 6.45) is 2.05. The summed E-state index contributed by atoms with van der Waals surface area (Å²) in [7, 11) is 0. The van der Waals surface area contributed by atoms with Crippen molar-refractivity contribution >= 4 is 38.4 Å². The average molecular weight is 640 g/mol. The van der Waals surface area contributed by atoms with Gasteiger partial charge in [-0.3, -0.25) is 4.40 Å². The molecule has 3 aromatic heterocycles. The van der Waals surface area contributed by atoms with Crippen molar-refractivity contribution < 1.29 is 4.42 Å². The molecule has 7 aromatic carbocycles. The second kappa shape index (κ2) is 11.4. The van der Waals surface area contributed by atoms with Crippen molar-refractivity contribution in [1.29, 1.82) is 0 Å². The molecule has 3 heterocycles. The van der Waals surface area contributed by atoms with E-state index >= 15 is 0 Å². The first-order valence-electron chi connectivity index (χ1n) is 16.8. The highest BCUT2D eigenvalue weighted by Gasteiger charge is 2.20. The van der Waals surface area contributed by atoms with Crippen molar-refractivity contribution in [3.8, 4) is 55.9 Å². The van der Waals surface area contributed by atoms with Crippen LogP contribution in [-0.2, 0) is 0 Å². The zero-order valence-corrected chi connectivity index (χ0v) is 27.0. The van der Waals surface area contributed by atoms with Gasteiger partial charge >= 0.3 is 0 Å². The lowest BCUT2D eigenvalue weighted by atomic mass is 9.93. The standard InChI is InChI=1S/C46H29N3O/c1-4-12-30(13-5-1)36-26-39(32-16-8-3-9-17-32)43-41(28-36)42-29-37(31-14-6-2-7-15-31)27-40(44(42)50-43)34-20-22-35(23-21-34)45-47-48-46-38-19-11-10-18-33(38)24-25-49(45)46/h1-29H. The summed E-state index contributed by atoms with van der Waals surface area (Å²) in [6, 6.07) is 59.8. The van der Waals surface area contributed by atoms with Gasteiger partial charge in [0.1, 0.15) is 11.2 Å². The van der Waals surface area contributed by atoms with Crippen molar-refractivity contribution in [2.24, 2.45) is 0 Å². The normalized spacial score (nSPS) is 11.6. The lowest BCUT2D eigenvalue weighted by Gasteiger charge is -2.09. The van der Waals surface area contributed by atoms with Crippen LogP contribution in [0.5, 0.6) is 0 Å². The minimum absolute atomic E-state index is 0.810. The van der Waals surface area contributed by atoms with Crippen LogP contribution in [0.3, 0.4) is 0 Å². The van der Waals surface area contributed by atoms with Gasteiger partial charge in [0.25, 0.3) is 0 Å². The first-order valence-corrected chi connectivity index (χ1v) is 16.8. The van der Waals surface area contributed by atoms with Crippen molar-refractivity contribution in [3.63, 3.8) is 0 Å². The highest BCUT2D eigenvalue weighted by atomic mass is 16.3. The van der Waals surface area contributed by atoms with Gasteiger partial charge in [0.05, 0.1) is 0 Å². The third-order valence-electron chi connectivity index (χ3n) is 9.73. The summed E-state index contributed by atoms with van der Waals surface area (Å²) in [5.74, 6) is 0.810. The molecule has 0 atom stereocenters. The Hall–Kier alpha value is -6.78. The van der Waals surface area contributed by atoms with Crippen LogP contribution in [-0.4, -0.2) is 14.6 Å². The Kier molecular flexibility index (Phi) is 6.46. The van der Waals surface area contributed by atoms with Gasteiger partial charge in [0.2, 0.25) is 0 Å². The molecule has 4 heteroatoms. The fraction of sp³-hybridized carbons (Fsp3) is 0. The summed E-state index contributed by atoms with van der Waals surface area (Å²) in [4.78, 5) is 0. The Morgan fingerprint density at radius 3 is 1.48 bits per heavy atom. The number of hydrogen-bond acceptors (Lipinski definition) is 3. The maximum Gasteiger partial charge on any atom is 0.168 e. The van der Waals surface area contributed by atoms with Crippen LogP contribution in [0.25, 0.3) is 94.3 Å². The highest BCUT2D eigenvalue weighted by Crippen LogP contribution is 2.44. The van der Waals surface area contributed by atoms with E-state index in [4.69, 9.17) is 4.42 Å². The zero-order chi connectivity index (χ0) is 33.0. The van der Waals surface area contributed by atoms with Crippen LogP contribution in [0.15, 0.2) is 180 Å². The molecule has 234 valence electrons. The number of rotatable bonds is 5. The summed E-state index contributed by atoms with van der Waals surface area (Å²) >= 11 is 0. The topological polar surface area (TPSA) is 43.3 Å². The van der Waals surface area contributed by atoms with Crippen LogP contribution in [0.1, 0.15) is 0 Å². The molecule has 0 spiro atoms. The van der Waals surface area contributed by atoms with E-state index < -0.39 is 0 Å². The molecule has 0 radical (unpaired) electrons. The summed E-state index contributed by atoms with van der Waals surface area (Å²) in [6.45, 7) is 0. The molecule has 10 aromatic rings. The number of fused-ring (bicyclic) bond motifs is 6. The number of benzene rings is 7. The van der Waals surface area contributed by atoms with Crippen LogP contribution in [0.2, 0.25) is 0 Å². The fourth-order valence-corrected chi connectivity index (χ4v) is 7.23. The molecule has 0 saturated carbocycles. The van der Waals surface area contributed by atoms with E-state index in [-0.39, 0.29) is 0 Å². The van der Waals surface area contributed by atoms with Gasteiger partial charge in [-0.25, -0.2) is 0 Å². The van der Waals surface area contributed by atoms with Crippen molar-refractivity contribution in [1.82, 2.24) is 14.6 Å². The number of hydrogen-bond donors (Lipinski definition) is 0. The van der Waals surface area contributed by atoms with Crippen LogP contribution < -0.4 is 0 Å². The minimum atomic E-state index is 0.810. The lowest BCUT2D eigenvalue weighted by Crippen LogP contribution is -1.90. The maximum absolute atomic E-state index is 6.98. The largest absolute Gasteiger partial charge is 0.455 e. The Morgan fingerprint density at radius 1 is 0.380 bits per heavy atom. The molecule has 0 N–H and O–H groups in total. The second-order valence-corrected chi connectivity index (χ2v) is 12.7.